The van der Waals surface area contributed by atoms with Crippen molar-refractivity contribution in [2.24, 2.45) is 0 Å². The van der Waals surface area contributed by atoms with Gasteiger partial charge in [0.25, 0.3) is 0 Å². The third-order valence-corrected chi connectivity index (χ3v) is 4.77. The van der Waals surface area contributed by atoms with Crippen LogP contribution >= 0.6 is 0 Å². The van der Waals surface area contributed by atoms with Crippen molar-refractivity contribution in [3.8, 4) is 6.07 Å². The molecule has 0 heterocycles. The minimum atomic E-state index is 0.623. The number of hydrogen-bond donors (Lipinski definition) is 1. The van der Waals surface area contributed by atoms with Gasteiger partial charge in [0, 0.05) is 25.2 Å². The molecule has 1 N–H and O–H groups in total. The molecule has 2 fully saturated rings. The van der Waals surface area contributed by atoms with Crippen LogP contribution < -0.4 is 10.2 Å². The van der Waals surface area contributed by atoms with Crippen LogP contribution in [-0.4, -0.2) is 18.6 Å². The third-order valence-electron chi connectivity index (χ3n) is 4.77. The highest BCUT2D eigenvalue weighted by Crippen LogP contribution is 2.30. The molecule has 1 aromatic carbocycles. The van der Waals surface area contributed by atoms with Crippen LogP contribution in [0.4, 0.5) is 5.69 Å². The molecule has 2 aliphatic rings. The van der Waals surface area contributed by atoms with Gasteiger partial charge < -0.3 is 10.2 Å². The molecule has 0 unspecified atom stereocenters. The van der Waals surface area contributed by atoms with E-state index >= 15 is 0 Å². The van der Waals surface area contributed by atoms with Crippen LogP contribution in [0.15, 0.2) is 18.2 Å². The van der Waals surface area contributed by atoms with E-state index in [1.807, 2.05) is 0 Å². The van der Waals surface area contributed by atoms with Crippen LogP contribution in [-0.2, 0) is 6.54 Å². The molecule has 0 aliphatic heterocycles. The number of nitrogens with zero attached hydrogens (tertiary/aromatic N) is 2. The maximum Gasteiger partial charge on any atom is 0.101 e. The first-order chi connectivity index (χ1) is 10.3. The fourth-order valence-electron chi connectivity index (χ4n) is 3.42. The molecule has 112 valence electrons. The van der Waals surface area contributed by atoms with Gasteiger partial charge in [0.15, 0.2) is 0 Å². The van der Waals surface area contributed by atoms with E-state index in [2.05, 4.69) is 41.4 Å². The van der Waals surface area contributed by atoms with E-state index < -0.39 is 0 Å². The molecule has 3 nitrogen and oxygen atoms in total. The van der Waals surface area contributed by atoms with E-state index in [1.165, 1.54) is 44.1 Å². The average molecular weight is 283 g/mol. The molecule has 0 radical (unpaired) electrons. The summed E-state index contributed by atoms with van der Waals surface area (Å²) in [7, 11) is 0. The maximum absolute atomic E-state index is 9.52. The van der Waals surface area contributed by atoms with E-state index in [1.54, 1.807) is 0 Å². The highest BCUT2D eigenvalue weighted by atomic mass is 15.2. The first-order valence-electron chi connectivity index (χ1n) is 8.35. The molecular formula is C18H25N3. The molecule has 0 saturated heterocycles. The Kier molecular flexibility index (Phi) is 4.45. The van der Waals surface area contributed by atoms with Gasteiger partial charge in [-0.1, -0.05) is 18.9 Å². The van der Waals surface area contributed by atoms with Gasteiger partial charge in [0.05, 0.1) is 11.3 Å². The Morgan fingerprint density at radius 2 is 2.00 bits per heavy atom. The Balaban J connectivity index is 1.77. The molecule has 1 aromatic rings. The topological polar surface area (TPSA) is 39.1 Å². The number of nitrogens with one attached hydrogen (secondary N) is 1. The number of hydrogen-bond acceptors (Lipinski definition) is 3. The van der Waals surface area contributed by atoms with Crippen molar-refractivity contribution < 1.29 is 0 Å². The van der Waals surface area contributed by atoms with E-state index in [4.69, 9.17) is 0 Å². The number of benzene rings is 1. The van der Waals surface area contributed by atoms with Crippen molar-refractivity contribution in [1.82, 2.24) is 5.32 Å². The molecular weight excluding hydrogens is 258 g/mol. The quantitative estimate of drug-likeness (QED) is 0.867. The second-order valence-corrected chi connectivity index (χ2v) is 6.34. The third kappa shape index (κ3) is 3.39. The van der Waals surface area contributed by atoms with Gasteiger partial charge in [-0.3, -0.25) is 0 Å². The molecule has 2 saturated carbocycles. The summed E-state index contributed by atoms with van der Waals surface area (Å²) in [6.07, 6.45) is 7.79. The Morgan fingerprint density at radius 1 is 1.24 bits per heavy atom. The zero-order valence-corrected chi connectivity index (χ0v) is 12.9. The molecule has 3 heteroatoms. The van der Waals surface area contributed by atoms with Crippen LogP contribution in [0, 0.1) is 11.3 Å². The molecule has 0 aromatic heterocycles. The summed E-state index contributed by atoms with van der Waals surface area (Å²) in [5.74, 6) is 0. The predicted molar refractivity (Wildman–Crippen MR) is 86.3 cm³/mol. The molecule has 0 spiro atoms. The van der Waals surface area contributed by atoms with Crippen molar-refractivity contribution in [2.75, 3.05) is 11.4 Å². The minimum absolute atomic E-state index is 0.623. The fourth-order valence-corrected chi connectivity index (χ4v) is 3.42. The number of nitriles is 1. The van der Waals surface area contributed by atoms with E-state index in [-0.39, 0.29) is 0 Å². The normalized spacial score (nSPS) is 18.7. The molecule has 0 bridgehead atoms. The second-order valence-electron chi connectivity index (χ2n) is 6.34. The van der Waals surface area contributed by atoms with Crippen molar-refractivity contribution in [3.05, 3.63) is 29.3 Å². The zero-order valence-electron chi connectivity index (χ0n) is 12.9. The van der Waals surface area contributed by atoms with Gasteiger partial charge in [-0.2, -0.15) is 5.26 Å². The smallest absolute Gasteiger partial charge is 0.101 e. The van der Waals surface area contributed by atoms with Gasteiger partial charge in [-0.05, 0) is 50.3 Å². The van der Waals surface area contributed by atoms with Crippen molar-refractivity contribution in [2.45, 2.75) is 64.1 Å². The highest BCUT2D eigenvalue weighted by Gasteiger charge is 2.24. The van der Waals surface area contributed by atoms with E-state index in [0.29, 0.717) is 12.1 Å². The minimum Gasteiger partial charge on any atom is -0.368 e. The maximum atomic E-state index is 9.52. The van der Waals surface area contributed by atoms with Crippen LogP contribution in [0.3, 0.4) is 0 Å². The largest absolute Gasteiger partial charge is 0.368 e. The van der Waals surface area contributed by atoms with Crippen molar-refractivity contribution >= 4 is 5.69 Å². The summed E-state index contributed by atoms with van der Waals surface area (Å²) < 4.78 is 0. The van der Waals surface area contributed by atoms with E-state index in [9.17, 15) is 5.26 Å². The standard InChI is InChI=1S/C18H25N3/c1-2-21(17-5-3-4-6-17)18-10-7-14(11-15(18)12-19)13-20-16-8-9-16/h7,10-11,16-17,20H,2-6,8-9,13H2,1H3. The van der Waals surface area contributed by atoms with Crippen LogP contribution in [0.1, 0.15) is 56.6 Å². The summed E-state index contributed by atoms with van der Waals surface area (Å²) in [5.41, 5.74) is 3.19. The molecule has 3 rings (SSSR count). The van der Waals surface area contributed by atoms with Gasteiger partial charge in [-0.25, -0.2) is 0 Å². The predicted octanol–water partition coefficient (Wildman–Crippen LogP) is 3.58. The lowest BCUT2D eigenvalue weighted by atomic mass is 10.1. The van der Waals surface area contributed by atoms with Crippen LogP contribution in [0.5, 0.6) is 0 Å². The first-order valence-corrected chi connectivity index (χ1v) is 8.35. The van der Waals surface area contributed by atoms with Gasteiger partial charge in [0.1, 0.15) is 6.07 Å². The number of anilines is 1. The van der Waals surface area contributed by atoms with E-state index in [0.717, 1.165) is 24.3 Å². The first kappa shape index (κ1) is 14.4. The number of rotatable bonds is 6. The Morgan fingerprint density at radius 3 is 2.62 bits per heavy atom. The zero-order chi connectivity index (χ0) is 14.7. The van der Waals surface area contributed by atoms with Crippen LogP contribution in [0.25, 0.3) is 0 Å². The lowest BCUT2D eigenvalue weighted by Crippen LogP contribution is -2.33. The van der Waals surface area contributed by atoms with Gasteiger partial charge in [0.2, 0.25) is 0 Å². The second kappa shape index (κ2) is 6.49. The SMILES string of the molecule is CCN(c1ccc(CNC2CC2)cc1C#N)C1CCCC1. The lowest BCUT2D eigenvalue weighted by molar-refractivity contribution is 0.619. The molecule has 21 heavy (non-hydrogen) atoms. The Bertz CT molecular complexity index is 522. The summed E-state index contributed by atoms with van der Waals surface area (Å²) >= 11 is 0. The summed E-state index contributed by atoms with van der Waals surface area (Å²) in [4.78, 5) is 2.43. The fraction of sp³-hybridized carbons (Fsp3) is 0.611. The molecule has 0 atom stereocenters. The highest BCUT2D eigenvalue weighted by molar-refractivity contribution is 5.61. The van der Waals surface area contributed by atoms with Gasteiger partial charge >= 0.3 is 0 Å². The Labute approximate surface area is 128 Å². The molecule has 2 aliphatic carbocycles. The molecule has 0 amide bonds. The average Bonchev–Trinajstić information content (AvgIpc) is 3.20. The monoisotopic (exact) mass is 283 g/mol. The lowest BCUT2D eigenvalue weighted by Gasteiger charge is -2.31. The summed E-state index contributed by atoms with van der Waals surface area (Å²) in [6, 6.07) is 10.2. The Hall–Kier alpha value is -1.53. The summed E-state index contributed by atoms with van der Waals surface area (Å²) in [5, 5.41) is 13.0. The van der Waals surface area contributed by atoms with Crippen molar-refractivity contribution in [1.29, 1.82) is 5.26 Å². The van der Waals surface area contributed by atoms with Crippen LogP contribution in [0.2, 0.25) is 0 Å². The van der Waals surface area contributed by atoms with Gasteiger partial charge in [-0.15, -0.1) is 0 Å². The summed E-state index contributed by atoms with van der Waals surface area (Å²) in [6.45, 7) is 4.07. The van der Waals surface area contributed by atoms with Crippen molar-refractivity contribution in [3.63, 3.8) is 0 Å².